The molecule has 8 rings (SSSR count). The Balaban J connectivity index is 1.10. The summed E-state index contributed by atoms with van der Waals surface area (Å²) in [5.74, 6) is 1.39. The molecule has 49 heavy (non-hydrogen) atoms. The molecule has 0 aromatic heterocycles. The van der Waals surface area contributed by atoms with E-state index < -0.39 is 4.75 Å². The van der Waals surface area contributed by atoms with Gasteiger partial charge in [0.25, 0.3) is 0 Å². The van der Waals surface area contributed by atoms with Crippen molar-refractivity contribution in [2.24, 2.45) is 5.92 Å². The van der Waals surface area contributed by atoms with Crippen LogP contribution in [0.2, 0.25) is 0 Å². The Morgan fingerprint density at radius 3 is 2.16 bits per heavy atom. The number of anilines is 1. The van der Waals surface area contributed by atoms with Crippen LogP contribution in [-0.4, -0.2) is 59.4 Å². The van der Waals surface area contributed by atoms with Crippen molar-refractivity contribution in [3.63, 3.8) is 0 Å². The molecular formula is C41H43N3O4S. The molecule has 2 aliphatic carbocycles. The number of phenols is 1. The molecule has 4 aromatic rings. The first-order valence-corrected chi connectivity index (χ1v) is 18.4. The highest BCUT2D eigenvalue weighted by atomic mass is 32.2. The fourth-order valence-electron chi connectivity index (χ4n) is 9.62. The molecule has 0 unspecified atom stereocenters. The standard InChI is InChI=1S/C41H43N3O4S/c1-26(45)42-32-19-18-31-34-24-30-33(25-35(46)38-37(30)40(31,39(32)48-38)21-22-44(34)2)43-36(47)20-23-49-41(27-12-6-3-7-13-27,28-14-8-4-9-15-28)29-16-10-5-11-17-29/h3-17,25,31-32,34,39,46H,18-24H2,1-2H3,(H,42,45)(H,43,47)/t31-,32-,34+,39-,40-/m0/s1. The van der Waals surface area contributed by atoms with Crippen LogP contribution in [0, 0.1) is 5.92 Å². The number of hydrogen-bond donors (Lipinski definition) is 3. The van der Waals surface area contributed by atoms with Crippen molar-refractivity contribution in [1.29, 1.82) is 0 Å². The fraction of sp³-hybridized carbons (Fsp3) is 0.366. The number of aromatic hydroxyl groups is 1. The highest BCUT2D eigenvalue weighted by molar-refractivity contribution is 8.00. The zero-order chi connectivity index (χ0) is 33.8. The molecule has 2 heterocycles. The van der Waals surface area contributed by atoms with Crippen LogP contribution in [0.5, 0.6) is 11.5 Å². The molecule has 1 saturated carbocycles. The first-order valence-electron chi connectivity index (χ1n) is 17.5. The Hall–Kier alpha value is -4.27. The third-order valence-corrected chi connectivity index (χ3v) is 13.1. The lowest BCUT2D eigenvalue weighted by molar-refractivity contribution is -0.122. The number of likely N-dealkylation sites (N-methyl/N-ethyl adjacent to an activating group) is 1. The van der Waals surface area contributed by atoms with Crippen molar-refractivity contribution < 1.29 is 19.4 Å². The van der Waals surface area contributed by atoms with Gasteiger partial charge in [-0.05, 0) is 67.4 Å². The number of rotatable bonds is 9. The molecule has 2 fully saturated rings. The van der Waals surface area contributed by atoms with Gasteiger partial charge in [0, 0.05) is 47.9 Å². The molecule has 2 amide bonds. The molecular weight excluding hydrogens is 631 g/mol. The molecule has 2 bridgehead atoms. The van der Waals surface area contributed by atoms with Gasteiger partial charge in [0.2, 0.25) is 11.8 Å². The van der Waals surface area contributed by atoms with Crippen LogP contribution in [0.15, 0.2) is 97.1 Å². The largest absolute Gasteiger partial charge is 0.504 e. The second-order valence-corrected chi connectivity index (χ2v) is 15.4. The first-order chi connectivity index (χ1) is 23.8. The van der Waals surface area contributed by atoms with Gasteiger partial charge in [-0.1, -0.05) is 91.0 Å². The van der Waals surface area contributed by atoms with Crippen molar-refractivity contribution >= 4 is 29.3 Å². The van der Waals surface area contributed by atoms with Crippen LogP contribution in [-0.2, 0) is 26.2 Å². The molecule has 7 nitrogen and oxygen atoms in total. The summed E-state index contributed by atoms with van der Waals surface area (Å²) >= 11 is 1.77. The number of likely N-dealkylation sites (tertiary alicyclic amines) is 1. The number of carbonyl (C=O) groups excluding carboxylic acids is 2. The second kappa shape index (κ2) is 12.6. The number of phenolic OH excluding ortho intramolecular Hbond substituents is 1. The van der Waals surface area contributed by atoms with E-state index in [1.165, 1.54) is 0 Å². The number of carbonyl (C=O) groups is 2. The topological polar surface area (TPSA) is 90.9 Å². The summed E-state index contributed by atoms with van der Waals surface area (Å²) in [6, 6.07) is 33.4. The molecule has 4 aromatic carbocycles. The summed E-state index contributed by atoms with van der Waals surface area (Å²) in [5, 5.41) is 17.8. The zero-order valence-electron chi connectivity index (χ0n) is 28.0. The molecule has 5 atom stereocenters. The van der Waals surface area contributed by atoms with E-state index in [-0.39, 0.29) is 35.1 Å². The van der Waals surface area contributed by atoms with Gasteiger partial charge in [0.1, 0.15) is 6.10 Å². The number of nitrogens with one attached hydrogen (secondary N) is 2. The third-order valence-electron chi connectivity index (χ3n) is 11.6. The van der Waals surface area contributed by atoms with E-state index in [4.69, 9.17) is 4.74 Å². The monoisotopic (exact) mass is 673 g/mol. The smallest absolute Gasteiger partial charge is 0.225 e. The fourth-order valence-corrected chi connectivity index (χ4v) is 11.1. The predicted octanol–water partition coefficient (Wildman–Crippen LogP) is 6.62. The van der Waals surface area contributed by atoms with Crippen LogP contribution in [0.1, 0.15) is 60.4 Å². The van der Waals surface area contributed by atoms with Crippen LogP contribution in [0.4, 0.5) is 5.69 Å². The normalized spacial score (nSPS) is 25.2. The Morgan fingerprint density at radius 2 is 1.57 bits per heavy atom. The van der Waals surface area contributed by atoms with E-state index >= 15 is 0 Å². The van der Waals surface area contributed by atoms with Gasteiger partial charge in [0.05, 0.1) is 10.8 Å². The number of hydrogen-bond acceptors (Lipinski definition) is 6. The van der Waals surface area contributed by atoms with Gasteiger partial charge in [-0.25, -0.2) is 0 Å². The van der Waals surface area contributed by atoms with Gasteiger partial charge in [0.15, 0.2) is 11.5 Å². The van der Waals surface area contributed by atoms with Crippen molar-refractivity contribution in [3.8, 4) is 11.5 Å². The Kier molecular flexibility index (Phi) is 8.19. The quantitative estimate of drug-likeness (QED) is 0.173. The summed E-state index contributed by atoms with van der Waals surface area (Å²) in [7, 11) is 2.20. The van der Waals surface area contributed by atoms with Gasteiger partial charge < -0.3 is 25.4 Å². The van der Waals surface area contributed by atoms with E-state index in [1.807, 2.05) is 18.2 Å². The SMILES string of the molecule is CC(=O)N[C@H]1CC[C@H]2[C@H]3Cc4c(NC(=O)CCSC(c5ccccc5)(c5ccccc5)c5ccccc5)cc(O)c5c4[C@@]2(CCN3C)[C@H]1O5. The van der Waals surface area contributed by atoms with E-state index in [2.05, 4.69) is 95.4 Å². The van der Waals surface area contributed by atoms with Crippen molar-refractivity contribution in [2.75, 3.05) is 24.7 Å². The number of amides is 2. The summed E-state index contributed by atoms with van der Waals surface area (Å²) in [6.07, 6.45) is 3.57. The number of ether oxygens (including phenoxy) is 1. The third kappa shape index (κ3) is 5.14. The summed E-state index contributed by atoms with van der Waals surface area (Å²) in [6.45, 7) is 2.48. The van der Waals surface area contributed by atoms with Crippen molar-refractivity contribution in [2.45, 2.75) is 67.4 Å². The maximum Gasteiger partial charge on any atom is 0.225 e. The number of thioether (sulfide) groups is 1. The average molecular weight is 674 g/mol. The number of nitrogens with zero attached hydrogens (tertiary/aromatic N) is 1. The number of piperidine rings is 1. The molecule has 4 aliphatic rings. The Morgan fingerprint density at radius 1 is 0.959 bits per heavy atom. The minimum Gasteiger partial charge on any atom is -0.504 e. The lowest BCUT2D eigenvalue weighted by Crippen LogP contribution is -2.68. The minimum absolute atomic E-state index is 0.0566. The second-order valence-electron chi connectivity index (χ2n) is 14.1. The minimum atomic E-state index is -0.504. The van der Waals surface area contributed by atoms with Gasteiger partial charge in [-0.3, -0.25) is 9.59 Å². The van der Waals surface area contributed by atoms with E-state index in [9.17, 15) is 14.7 Å². The summed E-state index contributed by atoms with van der Waals surface area (Å²) < 4.78 is 6.14. The van der Waals surface area contributed by atoms with Crippen LogP contribution in [0.25, 0.3) is 0 Å². The van der Waals surface area contributed by atoms with E-state index in [1.54, 1.807) is 24.8 Å². The first kappa shape index (κ1) is 32.0. The summed E-state index contributed by atoms with van der Waals surface area (Å²) in [5.41, 5.74) is 5.98. The Bertz CT molecular complexity index is 1770. The van der Waals surface area contributed by atoms with Gasteiger partial charge >= 0.3 is 0 Å². The zero-order valence-corrected chi connectivity index (χ0v) is 28.8. The van der Waals surface area contributed by atoms with Gasteiger partial charge in [-0.15, -0.1) is 11.8 Å². The van der Waals surface area contributed by atoms with E-state index in [0.717, 1.165) is 60.0 Å². The van der Waals surface area contributed by atoms with Gasteiger partial charge in [-0.2, -0.15) is 0 Å². The van der Waals surface area contributed by atoms with Crippen LogP contribution in [0.3, 0.4) is 0 Å². The van der Waals surface area contributed by atoms with Crippen molar-refractivity contribution in [3.05, 3.63) is 125 Å². The molecule has 3 N–H and O–H groups in total. The lowest BCUT2D eigenvalue weighted by atomic mass is 9.51. The molecule has 1 spiro atoms. The highest BCUT2D eigenvalue weighted by Gasteiger charge is 2.66. The average Bonchev–Trinajstić information content (AvgIpc) is 3.47. The molecule has 0 radical (unpaired) electrons. The summed E-state index contributed by atoms with van der Waals surface area (Å²) in [4.78, 5) is 28.5. The molecule has 1 saturated heterocycles. The molecule has 8 heteroatoms. The maximum atomic E-state index is 13.9. The van der Waals surface area contributed by atoms with Crippen LogP contribution < -0.4 is 15.4 Å². The predicted molar refractivity (Wildman–Crippen MR) is 194 cm³/mol. The van der Waals surface area contributed by atoms with Crippen molar-refractivity contribution in [1.82, 2.24) is 10.2 Å². The van der Waals surface area contributed by atoms with E-state index in [0.29, 0.717) is 35.6 Å². The molecule has 2 aliphatic heterocycles. The lowest BCUT2D eigenvalue weighted by Gasteiger charge is -2.59. The number of benzene rings is 4. The Labute approximate surface area is 292 Å². The van der Waals surface area contributed by atoms with Crippen LogP contribution >= 0.6 is 11.8 Å². The maximum absolute atomic E-state index is 13.9. The molecule has 252 valence electrons. The highest BCUT2D eigenvalue weighted by Crippen LogP contribution is 2.65.